The van der Waals surface area contributed by atoms with Gasteiger partial charge in [-0.2, -0.15) is 5.10 Å². The lowest BCUT2D eigenvalue weighted by molar-refractivity contribution is 0.920. The number of fused-ring (bicyclic) bond motifs is 2. The number of nitrogens with zero attached hydrogens (tertiary/aromatic N) is 3. The van der Waals surface area contributed by atoms with Crippen LogP contribution in [0.2, 0.25) is 0 Å². The van der Waals surface area contributed by atoms with Crippen LogP contribution in [0.3, 0.4) is 0 Å². The molecule has 2 heterocycles. The third kappa shape index (κ3) is 2.26. The van der Waals surface area contributed by atoms with Crippen molar-refractivity contribution in [1.82, 2.24) is 15.7 Å². The lowest BCUT2D eigenvalue weighted by Gasteiger charge is -2.07. The standard InChI is InChI=1S/C17H15N5/c1-3-7-15-12(5-1)14(11-20-22-17-18-9-10-19-17)13-6-2-4-8-16(13)21-15/h1-8,11H,9-10H2,(H2,18,19,22). The third-order valence-electron chi connectivity index (χ3n) is 3.67. The number of rotatable bonds is 2. The first-order chi connectivity index (χ1) is 10.9. The molecular weight excluding hydrogens is 274 g/mol. The van der Waals surface area contributed by atoms with Crippen molar-refractivity contribution in [3.05, 3.63) is 54.1 Å². The summed E-state index contributed by atoms with van der Waals surface area (Å²) in [5.41, 5.74) is 5.95. The molecule has 4 rings (SSSR count). The van der Waals surface area contributed by atoms with Gasteiger partial charge >= 0.3 is 0 Å². The van der Waals surface area contributed by atoms with E-state index in [-0.39, 0.29) is 0 Å². The van der Waals surface area contributed by atoms with Crippen LogP contribution < -0.4 is 10.7 Å². The Labute approximate surface area is 127 Å². The fourth-order valence-corrected chi connectivity index (χ4v) is 2.64. The number of hydrogen-bond donors (Lipinski definition) is 2. The van der Waals surface area contributed by atoms with Gasteiger partial charge in [0, 0.05) is 22.9 Å². The monoisotopic (exact) mass is 289 g/mol. The molecule has 0 atom stereocenters. The molecule has 0 saturated heterocycles. The Morgan fingerprint density at radius 2 is 1.68 bits per heavy atom. The molecule has 5 nitrogen and oxygen atoms in total. The zero-order valence-electron chi connectivity index (χ0n) is 12.0. The van der Waals surface area contributed by atoms with Crippen molar-refractivity contribution in [3.63, 3.8) is 0 Å². The predicted octanol–water partition coefficient (Wildman–Crippen LogP) is 2.27. The molecular formula is C17H15N5. The van der Waals surface area contributed by atoms with Gasteiger partial charge in [-0.1, -0.05) is 36.4 Å². The highest BCUT2D eigenvalue weighted by molar-refractivity contribution is 6.10. The van der Waals surface area contributed by atoms with Crippen LogP contribution in [-0.2, 0) is 0 Å². The highest BCUT2D eigenvalue weighted by Crippen LogP contribution is 2.24. The normalized spacial score (nSPS) is 14.5. The maximum atomic E-state index is 4.71. The van der Waals surface area contributed by atoms with Gasteiger partial charge in [0.1, 0.15) is 0 Å². The van der Waals surface area contributed by atoms with E-state index in [2.05, 4.69) is 33.0 Å². The van der Waals surface area contributed by atoms with Crippen molar-refractivity contribution in [2.24, 2.45) is 10.1 Å². The number of para-hydroxylation sites is 2. The van der Waals surface area contributed by atoms with E-state index in [9.17, 15) is 0 Å². The molecule has 0 aliphatic carbocycles. The zero-order chi connectivity index (χ0) is 14.8. The maximum absolute atomic E-state index is 4.71. The Morgan fingerprint density at radius 1 is 1.00 bits per heavy atom. The largest absolute Gasteiger partial charge is 0.353 e. The molecule has 0 amide bonds. The van der Waals surface area contributed by atoms with E-state index < -0.39 is 0 Å². The molecule has 5 heteroatoms. The number of aromatic nitrogens is 1. The maximum Gasteiger partial charge on any atom is 0.212 e. The van der Waals surface area contributed by atoms with Gasteiger partial charge in [0.2, 0.25) is 5.96 Å². The van der Waals surface area contributed by atoms with Crippen molar-refractivity contribution in [3.8, 4) is 0 Å². The summed E-state index contributed by atoms with van der Waals surface area (Å²) < 4.78 is 0. The smallest absolute Gasteiger partial charge is 0.212 e. The molecule has 1 aliphatic heterocycles. The topological polar surface area (TPSA) is 61.7 Å². The number of guanidine groups is 1. The van der Waals surface area contributed by atoms with E-state index in [0.29, 0.717) is 0 Å². The lowest BCUT2D eigenvalue weighted by atomic mass is 10.0. The van der Waals surface area contributed by atoms with E-state index in [0.717, 1.165) is 46.4 Å². The van der Waals surface area contributed by atoms with Gasteiger partial charge in [-0.25, -0.2) is 15.4 Å². The molecule has 2 N–H and O–H groups in total. The van der Waals surface area contributed by atoms with E-state index >= 15 is 0 Å². The Kier molecular flexibility index (Phi) is 3.16. The van der Waals surface area contributed by atoms with Crippen molar-refractivity contribution in [2.75, 3.05) is 13.1 Å². The Balaban J connectivity index is 1.83. The van der Waals surface area contributed by atoms with Crippen molar-refractivity contribution in [1.29, 1.82) is 0 Å². The number of pyridine rings is 1. The molecule has 0 unspecified atom stereocenters. The number of nitrogens with one attached hydrogen (secondary N) is 2. The summed E-state index contributed by atoms with van der Waals surface area (Å²) in [7, 11) is 0. The average Bonchev–Trinajstić information content (AvgIpc) is 3.07. The van der Waals surface area contributed by atoms with Crippen LogP contribution in [-0.4, -0.2) is 30.2 Å². The second-order valence-electron chi connectivity index (χ2n) is 5.09. The molecule has 0 fully saturated rings. The fraction of sp³-hybridized carbons (Fsp3) is 0.118. The molecule has 3 aromatic rings. The molecule has 0 spiro atoms. The second kappa shape index (κ2) is 5.44. The number of hydrazone groups is 1. The average molecular weight is 289 g/mol. The lowest BCUT2D eigenvalue weighted by Crippen LogP contribution is -2.30. The molecule has 1 aromatic heterocycles. The van der Waals surface area contributed by atoms with Crippen LogP contribution in [0.4, 0.5) is 0 Å². The molecule has 0 radical (unpaired) electrons. The summed E-state index contributed by atoms with van der Waals surface area (Å²) in [6, 6.07) is 16.2. The predicted molar refractivity (Wildman–Crippen MR) is 90.3 cm³/mol. The van der Waals surface area contributed by atoms with Gasteiger partial charge in [-0.3, -0.25) is 0 Å². The summed E-state index contributed by atoms with van der Waals surface area (Å²) in [6.45, 7) is 1.65. The van der Waals surface area contributed by atoms with Gasteiger partial charge in [0.25, 0.3) is 0 Å². The molecule has 2 aromatic carbocycles. The van der Waals surface area contributed by atoms with Crippen LogP contribution in [0.5, 0.6) is 0 Å². The zero-order valence-corrected chi connectivity index (χ0v) is 12.0. The molecule has 0 saturated carbocycles. The molecule has 108 valence electrons. The van der Waals surface area contributed by atoms with Gasteiger partial charge in [-0.05, 0) is 12.1 Å². The molecule has 0 bridgehead atoms. The summed E-state index contributed by atoms with van der Waals surface area (Å²) in [6.07, 6.45) is 1.84. The van der Waals surface area contributed by atoms with Crippen molar-refractivity contribution >= 4 is 34.0 Å². The first kappa shape index (κ1) is 12.8. The van der Waals surface area contributed by atoms with Crippen LogP contribution in [0.15, 0.2) is 58.6 Å². The van der Waals surface area contributed by atoms with Crippen molar-refractivity contribution < 1.29 is 0 Å². The first-order valence-electron chi connectivity index (χ1n) is 7.27. The Bertz CT molecular complexity index is 844. The number of hydrogen-bond acceptors (Lipinski definition) is 5. The molecule has 22 heavy (non-hydrogen) atoms. The third-order valence-corrected chi connectivity index (χ3v) is 3.67. The van der Waals surface area contributed by atoms with Gasteiger partial charge < -0.3 is 5.32 Å². The van der Waals surface area contributed by atoms with E-state index in [4.69, 9.17) is 4.98 Å². The summed E-state index contributed by atoms with van der Waals surface area (Å²) in [5.74, 6) is 0.721. The number of benzene rings is 2. The van der Waals surface area contributed by atoms with Crippen molar-refractivity contribution in [2.45, 2.75) is 0 Å². The fourth-order valence-electron chi connectivity index (χ4n) is 2.64. The first-order valence-corrected chi connectivity index (χ1v) is 7.27. The second-order valence-corrected chi connectivity index (χ2v) is 5.09. The van der Waals surface area contributed by atoms with E-state index in [1.807, 2.05) is 42.6 Å². The van der Waals surface area contributed by atoms with E-state index in [1.54, 1.807) is 0 Å². The molecule has 1 aliphatic rings. The Hall–Kier alpha value is -2.95. The quantitative estimate of drug-likeness (QED) is 0.432. The van der Waals surface area contributed by atoms with Gasteiger partial charge in [0.15, 0.2) is 0 Å². The van der Waals surface area contributed by atoms with Crippen LogP contribution >= 0.6 is 0 Å². The highest BCUT2D eigenvalue weighted by Gasteiger charge is 2.07. The summed E-state index contributed by atoms with van der Waals surface area (Å²) in [4.78, 5) is 8.97. The number of aliphatic imine (C=N–C) groups is 1. The van der Waals surface area contributed by atoms with Gasteiger partial charge in [0.05, 0.1) is 23.8 Å². The summed E-state index contributed by atoms with van der Waals surface area (Å²) in [5, 5.41) is 9.64. The van der Waals surface area contributed by atoms with Crippen LogP contribution in [0.25, 0.3) is 21.8 Å². The van der Waals surface area contributed by atoms with Crippen LogP contribution in [0.1, 0.15) is 5.56 Å². The minimum atomic E-state index is 0.721. The highest BCUT2D eigenvalue weighted by atomic mass is 15.4. The van der Waals surface area contributed by atoms with Crippen LogP contribution in [0, 0.1) is 0 Å². The minimum Gasteiger partial charge on any atom is -0.353 e. The minimum absolute atomic E-state index is 0.721. The summed E-state index contributed by atoms with van der Waals surface area (Å²) >= 11 is 0. The van der Waals surface area contributed by atoms with E-state index in [1.165, 1.54) is 0 Å². The SMILES string of the molecule is C(=NNC1=NCCN1)c1c2ccccc2nc2ccccc12. The Morgan fingerprint density at radius 3 is 2.32 bits per heavy atom. The van der Waals surface area contributed by atoms with Gasteiger partial charge in [-0.15, -0.1) is 0 Å².